The molecule has 3 heterocycles. The van der Waals surface area contributed by atoms with E-state index in [4.69, 9.17) is 9.47 Å². The number of hydrogen-bond donors (Lipinski definition) is 1. The summed E-state index contributed by atoms with van der Waals surface area (Å²) in [4.78, 5) is 23.5. The summed E-state index contributed by atoms with van der Waals surface area (Å²) in [5.41, 5.74) is 0.745. The third-order valence-corrected chi connectivity index (χ3v) is 3.24. The zero-order valence-electron chi connectivity index (χ0n) is 10.4. The van der Waals surface area contributed by atoms with Gasteiger partial charge < -0.3 is 14.5 Å². The van der Waals surface area contributed by atoms with Crippen LogP contribution in [-0.2, 0) is 19.7 Å². The summed E-state index contributed by atoms with van der Waals surface area (Å²) in [5, 5.41) is 0. The van der Waals surface area contributed by atoms with Gasteiger partial charge in [0, 0.05) is 6.20 Å². The van der Waals surface area contributed by atoms with Crippen molar-refractivity contribution >= 4 is 5.97 Å². The molecule has 0 unspecified atom stereocenters. The van der Waals surface area contributed by atoms with Crippen LogP contribution in [0.2, 0.25) is 0 Å². The molecule has 0 atom stereocenters. The minimum absolute atomic E-state index is 0.287. The summed E-state index contributed by atoms with van der Waals surface area (Å²) in [6.45, 7) is 0.573. The van der Waals surface area contributed by atoms with E-state index in [1.165, 1.54) is 7.11 Å². The molecule has 0 aromatic carbocycles. The lowest BCUT2D eigenvalue weighted by Crippen LogP contribution is -2.54. The first-order chi connectivity index (χ1) is 9.26. The lowest BCUT2D eigenvalue weighted by atomic mass is 9.85. The lowest BCUT2D eigenvalue weighted by Gasteiger charge is -2.36. The normalized spacial score (nSPS) is 16.7. The Hall–Kier alpha value is -2.21. The summed E-state index contributed by atoms with van der Waals surface area (Å²) in [5.74, 6) is 0.229. The molecule has 0 spiro atoms. The molecule has 1 aliphatic heterocycles. The zero-order valence-corrected chi connectivity index (χ0v) is 10.4. The van der Waals surface area contributed by atoms with Crippen LogP contribution in [-0.4, -0.2) is 41.2 Å². The highest BCUT2D eigenvalue weighted by Gasteiger charge is 2.51. The van der Waals surface area contributed by atoms with Crippen LogP contribution in [0.3, 0.4) is 0 Å². The second-order valence-corrected chi connectivity index (χ2v) is 4.43. The van der Waals surface area contributed by atoms with Gasteiger partial charge in [-0.1, -0.05) is 6.07 Å². The number of esters is 1. The largest absolute Gasteiger partial charge is 0.468 e. The third-order valence-electron chi connectivity index (χ3n) is 3.24. The monoisotopic (exact) mass is 259 g/mol. The van der Waals surface area contributed by atoms with Gasteiger partial charge in [-0.2, -0.15) is 0 Å². The van der Waals surface area contributed by atoms with E-state index in [1.807, 2.05) is 18.2 Å². The highest BCUT2D eigenvalue weighted by Crippen LogP contribution is 2.32. The van der Waals surface area contributed by atoms with Crippen LogP contribution >= 0.6 is 0 Å². The number of carbonyl (C=O) groups is 1. The van der Waals surface area contributed by atoms with Gasteiger partial charge in [-0.25, -0.2) is 4.98 Å². The number of methoxy groups -OCH3 is 1. The van der Waals surface area contributed by atoms with Crippen molar-refractivity contribution in [2.75, 3.05) is 20.3 Å². The van der Waals surface area contributed by atoms with Gasteiger partial charge in [0.1, 0.15) is 5.82 Å². The number of imidazole rings is 1. The first-order valence-corrected chi connectivity index (χ1v) is 5.89. The molecule has 19 heavy (non-hydrogen) atoms. The average Bonchev–Trinajstić information content (AvgIpc) is 2.88. The van der Waals surface area contributed by atoms with Crippen molar-refractivity contribution in [3.05, 3.63) is 36.4 Å². The number of ether oxygens (including phenoxy) is 2. The predicted octanol–water partition coefficient (Wildman–Crippen LogP) is 0.913. The number of pyridine rings is 1. The number of aromatic nitrogens is 3. The quantitative estimate of drug-likeness (QED) is 0.829. The maximum absolute atomic E-state index is 11.9. The highest BCUT2D eigenvalue weighted by atomic mass is 16.5. The summed E-state index contributed by atoms with van der Waals surface area (Å²) in [7, 11) is 1.37. The first kappa shape index (κ1) is 11.9. The molecule has 1 fully saturated rings. The Balaban J connectivity index is 1.95. The maximum Gasteiger partial charge on any atom is 0.324 e. The highest BCUT2D eigenvalue weighted by molar-refractivity contribution is 5.83. The smallest absolute Gasteiger partial charge is 0.324 e. The summed E-state index contributed by atoms with van der Waals surface area (Å²) >= 11 is 0. The first-order valence-electron chi connectivity index (χ1n) is 5.89. The topological polar surface area (TPSA) is 77.1 Å². The summed E-state index contributed by atoms with van der Waals surface area (Å²) in [6, 6.07) is 5.61. The number of rotatable bonds is 3. The molecule has 3 rings (SSSR count). The molecule has 2 aromatic rings. The second kappa shape index (κ2) is 4.47. The maximum atomic E-state index is 11.9. The number of H-pyrrole nitrogens is 1. The fourth-order valence-corrected chi connectivity index (χ4v) is 2.07. The standard InChI is InChI=1S/C13H13N3O3/c1-18-12(17)13(7-19-8-13)11-15-6-10(16-11)9-4-2-3-5-14-9/h2-6H,7-8H2,1H3,(H,15,16). The van der Waals surface area contributed by atoms with Crippen LogP contribution in [0.25, 0.3) is 11.4 Å². The van der Waals surface area contributed by atoms with Crippen LogP contribution < -0.4 is 0 Å². The van der Waals surface area contributed by atoms with Crippen LogP contribution in [0.4, 0.5) is 0 Å². The molecule has 0 saturated carbocycles. The van der Waals surface area contributed by atoms with E-state index in [0.717, 1.165) is 11.4 Å². The SMILES string of the molecule is COC(=O)C1(c2ncc(-c3ccccn3)[nH]2)COC1. The second-order valence-electron chi connectivity index (χ2n) is 4.43. The number of carbonyl (C=O) groups excluding carboxylic acids is 1. The van der Waals surface area contributed by atoms with Gasteiger partial charge in [-0.15, -0.1) is 0 Å². The van der Waals surface area contributed by atoms with Crippen molar-refractivity contribution in [2.45, 2.75) is 5.41 Å². The molecule has 0 amide bonds. The zero-order chi connectivity index (χ0) is 13.3. The molecule has 6 nitrogen and oxygen atoms in total. The van der Waals surface area contributed by atoms with Gasteiger partial charge in [-0.3, -0.25) is 9.78 Å². The minimum Gasteiger partial charge on any atom is -0.468 e. The molecule has 0 aliphatic carbocycles. The van der Waals surface area contributed by atoms with Gasteiger partial charge in [0.15, 0.2) is 5.41 Å². The lowest BCUT2D eigenvalue weighted by molar-refractivity contribution is -0.167. The molecule has 6 heteroatoms. The van der Waals surface area contributed by atoms with E-state index >= 15 is 0 Å². The van der Waals surface area contributed by atoms with E-state index < -0.39 is 5.41 Å². The minimum atomic E-state index is -0.804. The van der Waals surface area contributed by atoms with Gasteiger partial charge >= 0.3 is 5.97 Å². The molecule has 2 aromatic heterocycles. The van der Waals surface area contributed by atoms with Crippen LogP contribution in [0, 0.1) is 0 Å². The fraction of sp³-hybridized carbons (Fsp3) is 0.308. The molecule has 1 saturated heterocycles. The number of hydrogen-bond acceptors (Lipinski definition) is 5. The Morgan fingerprint density at radius 3 is 2.84 bits per heavy atom. The molecule has 1 aliphatic rings. The molecular weight excluding hydrogens is 246 g/mol. The summed E-state index contributed by atoms with van der Waals surface area (Å²) in [6.07, 6.45) is 3.37. The predicted molar refractivity (Wildman–Crippen MR) is 66.3 cm³/mol. The Morgan fingerprint density at radius 2 is 2.26 bits per heavy atom. The van der Waals surface area contributed by atoms with Crippen LogP contribution in [0.5, 0.6) is 0 Å². The fourth-order valence-electron chi connectivity index (χ4n) is 2.07. The molecular formula is C13H13N3O3. The van der Waals surface area contributed by atoms with Gasteiger partial charge in [-0.05, 0) is 12.1 Å². The van der Waals surface area contributed by atoms with E-state index in [1.54, 1.807) is 12.4 Å². The third kappa shape index (κ3) is 1.80. The molecule has 98 valence electrons. The number of nitrogens with zero attached hydrogens (tertiary/aromatic N) is 2. The van der Waals surface area contributed by atoms with Crippen molar-refractivity contribution < 1.29 is 14.3 Å². The van der Waals surface area contributed by atoms with E-state index in [9.17, 15) is 4.79 Å². The Labute approximate surface area is 109 Å². The molecule has 0 bridgehead atoms. The van der Waals surface area contributed by atoms with E-state index in [2.05, 4.69) is 15.0 Å². The van der Waals surface area contributed by atoms with Crippen molar-refractivity contribution in [3.63, 3.8) is 0 Å². The number of aromatic amines is 1. The van der Waals surface area contributed by atoms with E-state index in [-0.39, 0.29) is 19.2 Å². The van der Waals surface area contributed by atoms with Crippen LogP contribution in [0.1, 0.15) is 5.82 Å². The summed E-state index contributed by atoms with van der Waals surface area (Å²) < 4.78 is 9.99. The van der Waals surface area contributed by atoms with Gasteiger partial charge in [0.05, 0.1) is 37.9 Å². The van der Waals surface area contributed by atoms with Crippen molar-refractivity contribution in [1.29, 1.82) is 0 Å². The van der Waals surface area contributed by atoms with Crippen LogP contribution in [0.15, 0.2) is 30.6 Å². The van der Waals surface area contributed by atoms with Gasteiger partial charge in [0.25, 0.3) is 0 Å². The average molecular weight is 259 g/mol. The molecule has 0 radical (unpaired) electrons. The Kier molecular flexibility index (Phi) is 2.79. The molecule has 1 N–H and O–H groups in total. The Bertz CT molecular complexity index is 590. The van der Waals surface area contributed by atoms with Gasteiger partial charge in [0.2, 0.25) is 0 Å². The number of nitrogens with one attached hydrogen (secondary N) is 1. The Morgan fingerprint density at radius 1 is 1.42 bits per heavy atom. The van der Waals surface area contributed by atoms with Crippen molar-refractivity contribution in [2.24, 2.45) is 0 Å². The van der Waals surface area contributed by atoms with Crippen molar-refractivity contribution in [1.82, 2.24) is 15.0 Å². The van der Waals surface area contributed by atoms with Crippen molar-refractivity contribution in [3.8, 4) is 11.4 Å². The van der Waals surface area contributed by atoms with E-state index in [0.29, 0.717) is 5.82 Å².